The maximum atomic E-state index is 11.6. The van der Waals surface area contributed by atoms with Gasteiger partial charge in [-0.3, -0.25) is 9.78 Å². The Kier molecular flexibility index (Phi) is 4.07. The number of carbonyl (C=O) groups excluding carboxylic acids is 1. The first-order chi connectivity index (χ1) is 12.7. The molecule has 0 saturated carbocycles. The molecule has 0 fully saturated rings. The summed E-state index contributed by atoms with van der Waals surface area (Å²) < 4.78 is 1.76. The van der Waals surface area contributed by atoms with Crippen molar-refractivity contribution >= 4 is 22.5 Å². The van der Waals surface area contributed by atoms with Gasteiger partial charge in [-0.2, -0.15) is 5.10 Å². The number of fused-ring (bicyclic) bond motifs is 1. The van der Waals surface area contributed by atoms with Gasteiger partial charge in [0.25, 0.3) is 5.91 Å². The third kappa shape index (κ3) is 3.12. The van der Waals surface area contributed by atoms with Crippen LogP contribution in [0.4, 0.5) is 5.69 Å². The Balaban J connectivity index is 1.56. The fourth-order valence-corrected chi connectivity index (χ4v) is 2.81. The van der Waals surface area contributed by atoms with Crippen molar-refractivity contribution in [1.29, 1.82) is 0 Å². The molecule has 0 saturated heterocycles. The monoisotopic (exact) mass is 343 g/mol. The molecule has 0 radical (unpaired) electrons. The number of pyridine rings is 1. The highest BCUT2D eigenvalue weighted by molar-refractivity contribution is 6.04. The normalized spacial score (nSPS) is 10.8. The molecule has 4 aromatic rings. The molecule has 2 aromatic heterocycles. The summed E-state index contributed by atoms with van der Waals surface area (Å²) in [6.45, 7) is 0.707. The van der Waals surface area contributed by atoms with Crippen LogP contribution in [0.2, 0.25) is 0 Å². The van der Waals surface area contributed by atoms with Crippen molar-refractivity contribution in [1.82, 2.24) is 14.8 Å². The first-order valence-corrected chi connectivity index (χ1v) is 8.22. The van der Waals surface area contributed by atoms with E-state index in [-0.39, 0.29) is 0 Å². The van der Waals surface area contributed by atoms with Gasteiger partial charge < -0.3 is 11.1 Å². The topological polar surface area (TPSA) is 85.8 Å². The molecular formula is C20H17N5O. The van der Waals surface area contributed by atoms with Crippen molar-refractivity contribution < 1.29 is 4.79 Å². The van der Waals surface area contributed by atoms with Gasteiger partial charge in [0.15, 0.2) is 0 Å². The number of hydrogen-bond donors (Lipinski definition) is 2. The second-order valence-corrected chi connectivity index (χ2v) is 5.94. The zero-order chi connectivity index (χ0) is 17.9. The number of hydrogen-bond acceptors (Lipinski definition) is 4. The maximum Gasteiger partial charge on any atom is 0.250 e. The third-order valence-electron chi connectivity index (χ3n) is 4.16. The van der Waals surface area contributed by atoms with Gasteiger partial charge in [0.2, 0.25) is 0 Å². The van der Waals surface area contributed by atoms with E-state index in [1.54, 1.807) is 23.1 Å². The summed E-state index contributed by atoms with van der Waals surface area (Å²) in [6.07, 6.45) is 5.43. The van der Waals surface area contributed by atoms with Crippen molar-refractivity contribution in [3.63, 3.8) is 0 Å². The summed E-state index contributed by atoms with van der Waals surface area (Å²) in [5, 5.41) is 8.72. The van der Waals surface area contributed by atoms with E-state index in [2.05, 4.69) is 15.4 Å². The minimum absolute atomic E-state index is 0.429. The van der Waals surface area contributed by atoms with Gasteiger partial charge in [-0.1, -0.05) is 24.3 Å². The Bertz CT molecular complexity index is 1050. The van der Waals surface area contributed by atoms with Crippen LogP contribution in [-0.2, 0) is 6.54 Å². The van der Waals surface area contributed by atoms with E-state index in [0.29, 0.717) is 17.6 Å². The molecule has 0 bridgehead atoms. The summed E-state index contributed by atoms with van der Waals surface area (Å²) in [6, 6.07) is 17.4. The van der Waals surface area contributed by atoms with Gasteiger partial charge in [0, 0.05) is 30.5 Å². The van der Waals surface area contributed by atoms with Crippen LogP contribution < -0.4 is 11.1 Å². The zero-order valence-corrected chi connectivity index (χ0v) is 14.0. The van der Waals surface area contributed by atoms with Gasteiger partial charge >= 0.3 is 0 Å². The highest BCUT2D eigenvalue weighted by Crippen LogP contribution is 2.20. The second kappa shape index (κ2) is 6.68. The predicted molar refractivity (Wildman–Crippen MR) is 101 cm³/mol. The van der Waals surface area contributed by atoms with Crippen LogP contribution in [0.1, 0.15) is 15.9 Å². The van der Waals surface area contributed by atoms with Crippen molar-refractivity contribution in [2.75, 3.05) is 5.32 Å². The third-order valence-corrected chi connectivity index (χ3v) is 4.16. The molecule has 128 valence electrons. The molecule has 0 aliphatic heterocycles. The molecule has 0 unspecified atom stereocenters. The van der Waals surface area contributed by atoms with E-state index >= 15 is 0 Å². The van der Waals surface area contributed by atoms with Crippen LogP contribution in [0.5, 0.6) is 0 Å². The number of anilines is 1. The van der Waals surface area contributed by atoms with Crippen LogP contribution in [0.3, 0.4) is 0 Å². The molecule has 0 aliphatic carbocycles. The fraction of sp³-hybridized carbons (Fsp3) is 0.0500. The molecular weight excluding hydrogens is 326 g/mol. The van der Waals surface area contributed by atoms with Gasteiger partial charge in [0.05, 0.1) is 16.9 Å². The molecule has 0 aliphatic rings. The lowest BCUT2D eigenvalue weighted by molar-refractivity contribution is 0.100. The van der Waals surface area contributed by atoms with Gasteiger partial charge in [0.1, 0.15) is 5.52 Å². The van der Waals surface area contributed by atoms with Gasteiger partial charge in [-0.15, -0.1) is 0 Å². The average molecular weight is 343 g/mol. The molecule has 3 N–H and O–H groups in total. The summed E-state index contributed by atoms with van der Waals surface area (Å²) in [4.78, 5) is 15.6. The first-order valence-electron chi connectivity index (χ1n) is 8.22. The Morgan fingerprint density at radius 2 is 1.92 bits per heavy atom. The summed E-state index contributed by atoms with van der Waals surface area (Å²) in [7, 11) is 0. The Morgan fingerprint density at radius 3 is 2.65 bits per heavy atom. The summed E-state index contributed by atoms with van der Waals surface area (Å²) >= 11 is 0. The minimum Gasteiger partial charge on any atom is -0.380 e. The maximum absolute atomic E-state index is 11.6. The van der Waals surface area contributed by atoms with Gasteiger partial charge in [-0.05, 0) is 35.9 Å². The number of amides is 1. The number of rotatable bonds is 5. The van der Waals surface area contributed by atoms with Crippen molar-refractivity contribution in [3.8, 4) is 5.69 Å². The first kappa shape index (κ1) is 15.8. The number of carbonyl (C=O) groups is 1. The molecule has 0 atom stereocenters. The van der Waals surface area contributed by atoms with Crippen LogP contribution in [0, 0.1) is 0 Å². The largest absolute Gasteiger partial charge is 0.380 e. The second-order valence-electron chi connectivity index (χ2n) is 5.94. The molecule has 2 heterocycles. The molecule has 2 aromatic carbocycles. The van der Waals surface area contributed by atoms with E-state index in [1.807, 2.05) is 54.7 Å². The molecule has 6 nitrogen and oxygen atoms in total. The summed E-state index contributed by atoms with van der Waals surface area (Å²) in [5.41, 5.74) is 9.52. The number of nitrogens with zero attached hydrogens (tertiary/aromatic N) is 3. The average Bonchev–Trinajstić information content (AvgIpc) is 3.11. The predicted octanol–water partition coefficient (Wildman–Crippen LogP) is 3.13. The van der Waals surface area contributed by atoms with E-state index < -0.39 is 5.91 Å². The highest BCUT2D eigenvalue weighted by Gasteiger charge is 2.10. The number of primary amides is 1. The van der Waals surface area contributed by atoms with E-state index in [4.69, 9.17) is 5.73 Å². The lowest BCUT2D eigenvalue weighted by atomic mass is 10.1. The number of nitrogens with two attached hydrogens (primary N) is 1. The summed E-state index contributed by atoms with van der Waals surface area (Å²) in [5.74, 6) is -0.474. The van der Waals surface area contributed by atoms with Crippen LogP contribution in [-0.4, -0.2) is 20.7 Å². The molecule has 4 rings (SSSR count). The lowest BCUT2D eigenvalue weighted by Crippen LogP contribution is -2.11. The smallest absolute Gasteiger partial charge is 0.250 e. The van der Waals surface area contributed by atoms with E-state index in [0.717, 1.165) is 22.3 Å². The van der Waals surface area contributed by atoms with Crippen LogP contribution in [0.25, 0.3) is 16.6 Å². The number of aromatic nitrogens is 3. The Labute approximate surface area is 150 Å². The Morgan fingerprint density at radius 1 is 1.08 bits per heavy atom. The molecule has 1 amide bonds. The number of benzene rings is 2. The highest BCUT2D eigenvalue weighted by atomic mass is 16.1. The molecule has 0 spiro atoms. The van der Waals surface area contributed by atoms with E-state index in [9.17, 15) is 4.79 Å². The van der Waals surface area contributed by atoms with Crippen LogP contribution >= 0.6 is 0 Å². The SMILES string of the molecule is NC(=O)c1cccc2cn(-c3ccc(CNc4cccnc4)cc3)nc12. The quantitative estimate of drug-likeness (QED) is 0.583. The fourth-order valence-electron chi connectivity index (χ4n) is 2.81. The Hall–Kier alpha value is -3.67. The van der Waals surface area contributed by atoms with Gasteiger partial charge in [-0.25, -0.2) is 4.68 Å². The standard InChI is InChI=1S/C20H17N5O/c21-20(26)18-5-1-3-15-13-25(24-19(15)18)17-8-6-14(7-9-17)11-23-16-4-2-10-22-12-16/h1-10,12-13,23H,11H2,(H2,21,26). The lowest BCUT2D eigenvalue weighted by Gasteiger charge is -2.07. The van der Waals surface area contributed by atoms with Crippen molar-refractivity contribution in [3.05, 3.63) is 84.3 Å². The van der Waals surface area contributed by atoms with Crippen molar-refractivity contribution in [2.45, 2.75) is 6.54 Å². The number of nitrogens with one attached hydrogen (secondary N) is 1. The van der Waals surface area contributed by atoms with E-state index in [1.165, 1.54) is 0 Å². The minimum atomic E-state index is -0.474. The zero-order valence-electron chi connectivity index (χ0n) is 14.0. The molecule has 6 heteroatoms. The van der Waals surface area contributed by atoms with Crippen molar-refractivity contribution in [2.24, 2.45) is 5.73 Å². The van der Waals surface area contributed by atoms with Crippen LogP contribution in [0.15, 0.2) is 73.2 Å². The molecule has 26 heavy (non-hydrogen) atoms.